The zero-order chi connectivity index (χ0) is 53.4. The van der Waals surface area contributed by atoms with Crippen molar-refractivity contribution in [1.82, 2.24) is 49.4 Å². The topological polar surface area (TPSA) is 127 Å². The lowest BCUT2D eigenvalue weighted by Crippen LogP contribution is -2.40. The average molecular weight is 1040 g/mol. The second kappa shape index (κ2) is 19.0. The highest BCUT2D eigenvalue weighted by Gasteiger charge is 2.45. The van der Waals surface area contributed by atoms with Crippen LogP contribution in [0.3, 0.4) is 0 Å². The van der Waals surface area contributed by atoms with Gasteiger partial charge < -0.3 is 4.90 Å². The number of rotatable bonds is 9. The molecule has 0 spiro atoms. The Morgan fingerprint density at radius 1 is 0.383 bits per heavy atom. The summed E-state index contributed by atoms with van der Waals surface area (Å²) in [4.78, 5) is 52.2. The first kappa shape index (κ1) is 46.3. The molecule has 0 radical (unpaired) electrons. The molecule has 4 aliphatic rings. The van der Waals surface area contributed by atoms with Crippen LogP contribution in [0.25, 0.3) is 97.3 Å². The first-order chi connectivity index (χ1) is 40.1. The molecule has 382 valence electrons. The van der Waals surface area contributed by atoms with Gasteiger partial charge in [-0.3, -0.25) is 9.47 Å². The molecule has 0 N–H and O–H groups in total. The number of para-hydroxylation sites is 1. The van der Waals surface area contributed by atoms with Crippen molar-refractivity contribution in [1.29, 1.82) is 0 Å². The number of allylic oxidation sites excluding steroid dienone is 4. The Morgan fingerprint density at radius 3 is 1.28 bits per heavy atom. The minimum absolute atomic E-state index is 0.00919. The van der Waals surface area contributed by atoms with Crippen LogP contribution >= 0.6 is 0 Å². The maximum absolute atomic E-state index is 5.44. The molecular weight excluding hydrogens is 997 g/mol. The number of fused-ring (bicyclic) bond motifs is 9. The highest BCUT2D eigenvalue weighted by molar-refractivity contribution is 5.90. The van der Waals surface area contributed by atoms with E-state index in [1.807, 2.05) is 133 Å². The summed E-state index contributed by atoms with van der Waals surface area (Å²) < 4.78 is 2.22. The van der Waals surface area contributed by atoms with Gasteiger partial charge in [-0.15, -0.1) is 0 Å². The number of benzene rings is 8. The monoisotopic (exact) mass is 1040 g/mol. The summed E-state index contributed by atoms with van der Waals surface area (Å²) >= 11 is 0. The Bertz CT molecular complexity index is 4460. The van der Waals surface area contributed by atoms with Crippen LogP contribution in [0.5, 0.6) is 0 Å². The van der Waals surface area contributed by atoms with E-state index in [9.17, 15) is 0 Å². The summed E-state index contributed by atoms with van der Waals surface area (Å²) in [6, 6.07) is 74.0. The van der Waals surface area contributed by atoms with E-state index in [1.54, 1.807) is 0 Å². The van der Waals surface area contributed by atoms with Crippen LogP contribution in [0, 0.1) is 0 Å². The molecule has 12 aromatic rings. The van der Waals surface area contributed by atoms with Crippen LogP contribution in [-0.4, -0.2) is 55.5 Å². The fourth-order valence-electron chi connectivity index (χ4n) is 12.0. The van der Waals surface area contributed by atoms with E-state index in [2.05, 4.69) is 130 Å². The van der Waals surface area contributed by atoms with Gasteiger partial charge in [0.1, 0.15) is 0 Å². The summed E-state index contributed by atoms with van der Waals surface area (Å²) in [7, 11) is 0. The molecule has 3 unspecified atom stereocenters. The van der Waals surface area contributed by atoms with E-state index >= 15 is 0 Å². The first-order valence-electron chi connectivity index (χ1n) is 27.2. The molecule has 2 aliphatic carbocycles. The van der Waals surface area contributed by atoms with Crippen molar-refractivity contribution in [2.24, 2.45) is 0 Å². The van der Waals surface area contributed by atoms with Gasteiger partial charge in [0.25, 0.3) is 0 Å². The first-order valence-corrected chi connectivity index (χ1v) is 27.2. The van der Waals surface area contributed by atoms with Gasteiger partial charge in [-0.2, -0.15) is 29.9 Å². The quantitative estimate of drug-likeness (QED) is 0.137. The van der Waals surface area contributed by atoms with E-state index in [-0.39, 0.29) is 17.9 Å². The third-order valence-corrected chi connectivity index (χ3v) is 15.8. The summed E-state index contributed by atoms with van der Waals surface area (Å²) in [5.74, 6) is 4.97. The molecule has 12 heteroatoms. The maximum atomic E-state index is 5.44. The van der Waals surface area contributed by atoms with Crippen LogP contribution < -0.4 is 20.4 Å². The molecule has 0 fully saturated rings. The largest absolute Gasteiger partial charge is 0.302 e. The molecule has 8 aromatic carbocycles. The maximum Gasteiger partial charge on any atom is 0.238 e. The molecule has 12 nitrogen and oxygen atoms in total. The average Bonchev–Trinajstić information content (AvgIpc) is 3.86. The smallest absolute Gasteiger partial charge is 0.238 e. The number of nitrogens with zero attached hydrogens (tertiary/aromatic N) is 12. The molecule has 0 saturated heterocycles. The van der Waals surface area contributed by atoms with Crippen LogP contribution in [-0.2, 0) is 0 Å². The predicted molar refractivity (Wildman–Crippen MR) is 319 cm³/mol. The van der Waals surface area contributed by atoms with Crippen molar-refractivity contribution in [2.45, 2.75) is 24.3 Å². The van der Waals surface area contributed by atoms with Crippen molar-refractivity contribution in [3.05, 3.63) is 264 Å². The molecule has 0 saturated carbocycles. The van der Waals surface area contributed by atoms with Crippen LogP contribution in [0.15, 0.2) is 242 Å². The predicted octanol–water partition coefficient (Wildman–Crippen LogP) is 13.1. The fourth-order valence-corrected chi connectivity index (χ4v) is 12.0. The third-order valence-electron chi connectivity index (χ3n) is 15.8. The lowest BCUT2D eigenvalue weighted by molar-refractivity contribution is 0.771. The Morgan fingerprint density at radius 2 is 0.802 bits per heavy atom. The third kappa shape index (κ3) is 7.86. The standard InChI is InChI=1S/C69H46N12/c1-7-23-43(24-8-1)61-70-62(44-25-9-2-10-26-44)74-67(73-61)79-55-37-21-19-35-49(55)51-39-59-53(41-57(51)79)54-42-58-52(40-60(54)81(59)69-77-65(47-31-15-5-16-32-47)72-66(78-69)48-33-17-6-18-34-48)50-36-20-22-38-56(50)80(58)68-75-63(45-27-11-3-12-28-45)71-64(76-68)46-29-13-4-14-30-46/h1-35,37-42,50,53,59H,36H2. The molecule has 0 bridgehead atoms. The second-order valence-electron chi connectivity index (χ2n) is 20.5. The molecule has 81 heavy (non-hydrogen) atoms. The van der Waals surface area contributed by atoms with E-state index in [0.29, 0.717) is 52.8 Å². The Kier molecular flexibility index (Phi) is 10.8. The fraction of sp³-hybridized carbons (Fsp3) is 0.0580. The van der Waals surface area contributed by atoms with Gasteiger partial charge in [-0.25, -0.2) is 15.0 Å². The summed E-state index contributed by atoms with van der Waals surface area (Å²) in [6.45, 7) is 0. The van der Waals surface area contributed by atoms with Gasteiger partial charge in [0.05, 0.1) is 22.6 Å². The van der Waals surface area contributed by atoms with Crippen LogP contribution in [0.1, 0.15) is 29.4 Å². The van der Waals surface area contributed by atoms with Gasteiger partial charge in [0.2, 0.25) is 17.8 Å². The molecule has 0 amide bonds. The summed E-state index contributed by atoms with van der Waals surface area (Å²) in [5, 5.41) is 3.12. The van der Waals surface area contributed by atoms with Crippen molar-refractivity contribution >= 4 is 46.3 Å². The minimum Gasteiger partial charge on any atom is -0.302 e. The Hall–Kier alpha value is -10.9. The normalized spacial score (nSPS) is 16.4. The number of hydrogen-bond donors (Lipinski definition) is 0. The zero-order valence-corrected chi connectivity index (χ0v) is 43.5. The molecule has 2 aliphatic heterocycles. The van der Waals surface area contributed by atoms with E-state index in [4.69, 9.17) is 44.9 Å². The second-order valence-corrected chi connectivity index (χ2v) is 20.5. The lowest BCUT2D eigenvalue weighted by atomic mass is 9.88. The number of hydrogen-bond acceptors (Lipinski definition) is 11. The number of anilines is 4. The Labute approximate surface area is 465 Å². The van der Waals surface area contributed by atoms with Gasteiger partial charge >= 0.3 is 0 Å². The Balaban J connectivity index is 0.960. The molecule has 4 aromatic heterocycles. The van der Waals surface area contributed by atoms with Crippen LogP contribution in [0.2, 0.25) is 0 Å². The van der Waals surface area contributed by atoms with E-state index in [0.717, 1.165) is 89.5 Å². The van der Waals surface area contributed by atoms with E-state index in [1.165, 1.54) is 0 Å². The van der Waals surface area contributed by atoms with Gasteiger partial charge in [-0.05, 0) is 47.9 Å². The van der Waals surface area contributed by atoms with Crippen molar-refractivity contribution < 1.29 is 0 Å². The number of aromatic nitrogens is 10. The lowest BCUT2D eigenvalue weighted by Gasteiger charge is -2.27. The van der Waals surface area contributed by atoms with Crippen molar-refractivity contribution in [2.75, 3.05) is 9.80 Å². The SMILES string of the molecule is C1=CCC2C(=C1)N(c1nc(-c3ccccc3)nc(-c3ccccc3)n1)c1cc3c(cc12)N(c1nc(-c2ccccc2)nc(-c2ccccc2)n1)C1C=c2c(n(-c4nc(-c5ccccc5)nc(-c5ccccc5)n4)c4ccccc24)=CC31. The summed E-state index contributed by atoms with van der Waals surface area (Å²) in [5.41, 5.74) is 11.8. The van der Waals surface area contributed by atoms with E-state index < -0.39 is 0 Å². The van der Waals surface area contributed by atoms with Gasteiger partial charge in [-0.1, -0.05) is 218 Å². The minimum atomic E-state index is -0.275. The highest BCUT2D eigenvalue weighted by atomic mass is 15.3. The van der Waals surface area contributed by atoms with Crippen LogP contribution in [0.4, 0.5) is 23.3 Å². The summed E-state index contributed by atoms with van der Waals surface area (Å²) in [6.07, 6.45) is 12.2. The van der Waals surface area contributed by atoms with Crippen molar-refractivity contribution in [3.8, 4) is 74.3 Å². The zero-order valence-electron chi connectivity index (χ0n) is 43.5. The molecule has 3 atom stereocenters. The van der Waals surface area contributed by atoms with Crippen molar-refractivity contribution in [3.63, 3.8) is 0 Å². The molecule has 16 rings (SSSR count). The molecular formula is C69H46N12. The van der Waals surface area contributed by atoms with Gasteiger partial charge in [0, 0.05) is 67.2 Å². The molecule has 6 heterocycles. The highest BCUT2D eigenvalue weighted by Crippen LogP contribution is 2.56. The van der Waals surface area contributed by atoms with Gasteiger partial charge in [0.15, 0.2) is 34.9 Å².